The van der Waals surface area contributed by atoms with Crippen molar-refractivity contribution in [1.82, 2.24) is 14.8 Å². The second kappa shape index (κ2) is 9.92. The lowest BCUT2D eigenvalue weighted by Gasteiger charge is -2.19. The van der Waals surface area contributed by atoms with E-state index >= 15 is 0 Å². The highest BCUT2D eigenvalue weighted by Gasteiger charge is 2.26. The van der Waals surface area contributed by atoms with Gasteiger partial charge in [0.05, 0.1) is 18.1 Å². The maximum absolute atomic E-state index is 12.6. The molecule has 2 aromatic heterocycles. The van der Waals surface area contributed by atoms with Crippen LogP contribution >= 0.6 is 23.4 Å². The molecule has 152 valence electrons. The number of carbonyl (C=O) groups excluding carboxylic acids is 1. The van der Waals surface area contributed by atoms with Crippen LogP contribution in [0.5, 0.6) is 0 Å². The third-order valence-electron chi connectivity index (χ3n) is 3.67. The first kappa shape index (κ1) is 22.2. The molecule has 2 heterocycles. The van der Waals surface area contributed by atoms with Gasteiger partial charge in [-0.2, -0.15) is 30.0 Å². The molecule has 0 aliphatic rings. The zero-order valence-electron chi connectivity index (χ0n) is 15.0. The monoisotopic (exact) mass is 433 g/mol. The highest BCUT2D eigenvalue weighted by atomic mass is 35.5. The molecule has 1 amide bonds. The third-order valence-corrected chi connectivity index (χ3v) is 5.01. The van der Waals surface area contributed by atoms with Gasteiger partial charge in [-0.1, -0.05) is 11.6 Å². The Morgan fingerprint density at radius 2 is 2.18 bits per heavy atom. The molecule has 0 bridgehead atoms. The molecule has 1 N–H and O–H groups in total. The van der Waals surface area contributed by atoms with Crippen LogP contribution in [-0.2, 0) is 4.79 Å². The van der Waals surface area contributed by atoms with E-state index in [4.69, 9.17) is 17.0 Å². The molecule has 11 heteroatoms. The Morgan fingerprint density at radius 1 is 1.43 bits per heavy atom. The average Bonchev–Trinajstić information content (AvgIpc) is 3.03. The van der Waals surface area contributed by atoms with Crippen molar-refractivity contribution in [3.8, 4) is 5.69 Å². The molecule has 2 rings (SSSR count). The van der Waals surface area contributed by atoms with Crippen molar-refractivity contribution in [2.45, 2.75) is 25.9 Å². The van der Waals surface area contributed by atoms with E-state index in [0.29, 0.717) is 11.4 Å². The van der Waals surface area contributed by atoms with Crippen LogP contribution in [0.3, 0.4) is 0 Å². The molecule has 6 nitrogen and oxygen atoms in total. The van der Waals surface area contributed by atoms with E-state index in [2.05, 4.69) is 10.1 Å². The molecule has 0 radical (unpaired) electrons. The number of thioether (sulfide) groups is 1. The first-order chi connectivity index (χ1) is 13.2. The summed E-state index contributed by atoms with van der Waals surface area (Å²) in [6.45, 7) is 2.00. The second-order valence-corrected chi connectivity index (χ2v) is 7.22. The SMILES string of the molecule is CCN(C(=O)C(=N)CSCCCC(F)(F)F)c1cn(-c2cccnc2)nc1Cl. The molecule has 0 spiro atoms. The number of nitrogens with zero attached hydrogens (tertiary/aromatic N) is 4. The standard InChI is InChI=1S/C17H19ClF3N5OS/c1-2-25(16(27)13(22)11-28-8-4-6-17(19,20)21)14-10-26(24-15(14)18)12-5-3-7-23-9-12/h3,5,7,9-10,22H,2,4,6,8,11H2,1H3. The lowest BCUT2D eigenvalue weighted by atomic mass is 10.3. The van der Waals surface area contributed by atoms with Gasteiger partial charge in [0.1, 0.15) is 11.4 Å². The fraction of sp³-hybridized carbons (Fsp3) is 0.412. The van der Waals surface area contributed by atoms with Crippen LogP contribution in [0.1, 0.15) is 19.8 Å². The Morgan fingerprint density at radius 3 is 2.79 bits per heavy atom. The fourth-order valence-electron chi connectivity index (χ4n) is 2.34. The van der Waals surface area contributed by atoms with Crippen molar-refractivity contribution >= 4 is 40.7 Å². The van der Waals surface area contributed by atoms with E-state index in [9.17, 15) is 18.0 Å². The molecule has 0 atom stereocenters. The van der Waals surface area contributed by atoms with E-state index in [0.717, 1.165) is 11.8 Å². The molecule has 0 saturated carbocycles. The molecule has 2 aromatic rings. The Kier molecular flexibility index (Phi) is 7.88. The Hall–Kier alpha value is -2.07. The number of halogens is 4. The molecule has 0 fully saturated rings. The van der Waals surface area contributed by atoms with Crippen LogP contribution in [0.15, 0.2) is 30.7 Å². The minimum Gasteiger partial charge on any atom is -0.303 e. The highest BCUT2D eigenvalue weighted by molar-refractivity contribution is 8.00. The van der Waals surface area contributed by atoms with Crippen LogP contribution in [-0.4, -0.2) is 50.6 Å². The number of anilines is 1. The normalized spacial score (nSPS) is 11.5. The lowest BCUT2D eigenvalue weighted by molar-refractivity contribution is -0.134. The van der Waals surface area contributed by atoms with Crippen molar-refractivity contribution in [3.63, 3.8) is 0 Å². The van der Waals surface area contributed by atoms with Crippen LogP contribution < -0.4 is 4.90 Å². The van der Waals surface area contributed by atoms with Crippen molar-refractivity contribution in [3.05, 3.63) is 35.9 Å². The summed E-state index contributed by atoms with van der Waals surface area (Å²) in [6, 6.07) is 3.51. The average molecular weight is 434 g/mol. The molecule has 0 aromatic carbocycles. The van der Waals surface area contributed by atoms with Gasteiger partial charge in [0, 0.05) is 24.9 Å². The quantitative estimate of drug-likeness (QED) is 0.470. The van der Waals surface area contributed by atoms with E-state index in [1.165, 1.54) is 9.58 Å². The lowest BCUT2D eigenvalue weighted by Crippen LogP contribution is -2.37. The smallest absolute Gasteiger partial charge is 0.303 e. The Labute approximate surface area is 169 Å². The minimum absolute atomic E-state index is 0.0293. The first-order valence-electron chi connectivity index (χ1n) is 8.42. The summed E-state index contributed by atoms with van der Waals surface area (Å²) in [5.74, 6) is -0.304. The molecular formula is C17H19ClF3N5OS. The summed E-state index contributed by atoms with van der Waals surface area (Å²) in [5.41, 5.74) is 0.809. The summed E-state index contributed by atoms with van der Waals surface area (Å²) < 4.78 is 37.9. The van der Waals surface area contributed by atoms with Crippen molar-refractivity contribution < 1.29 is 18.0 Å². The van der Waals surface area contributed by atoms with Gasteiger partial charge in [-0.05, 0) is 31.2 Å². The number of hydrogen-bond donors (Lipinski definition) is 1. The number of carbonyl (C=O) groups is 1. The topological polar surface area (TPSA) is 74.9 Å². The Bertz CT molecular complexity index is 813. The van der Waals surface area contributed by atoms with Crippen LogP contribution in [0, 0.1) is 5.41 Å². The van der Waals surface area contributed by atoms with Crippen LogP contribution in [0.25, 0.3) is 5.69 Å². The number of nitrogens with one attached hydrogen (secondary N) is 1. The van der Waals surface area contributed by atoms with Gasteiger partial charge in [0.15, 0.2) is 5.15 Å². The van der Waals surface area contributed by atoms with Crippen molar-refractivity contribution in [2.75, 3.05) is 23.0 Å². The summed E-state index contributed by atoms with van der Waals surface area (Å²) in [7, 11) is 0. The summed E-state index contributed by atoms with van der Waals surface area (Å²) in [6.07, 6.45) is -0.323. The zero-order valence-corrected chi connectivity index (χ0v) is 16.6. The third kappa shape index (κ3) is 6.23. The van der Waals surface area contributed by atoms with Gasteiger partial charge < -0.3 is 4.90 Å². The van der Waals surface area contributed by atoms with E-state index in [-0.39, 0.29) is 35.3 Å². The minimum atomic E-state index is -4.19. The molecule has 0 aliphatic carbocycles. The van der Waals surface area contributed by atoms with E-state index in [1.807, 2.05) is 0 Å². The highest BCUT2D eigenvalue weighted by Crippen LogP contribution is 2.26. The molecule has 0 unspecified atom stereocenters. The molecule has 0 saturated heterocycles. The predicted octanol–water partition coefficient (Wildman–Crippen LogP) is 4.37. The first-order valence-corrected chi connectivity index (χ1v) is 9.95. The van der Waals surface area contributed by atoms with Crippen LogP contribution in [0.4, 0.5) is 18.9 Å². The van der Waals surface area contributed by atoms with E-state index < -0.39 is 18.5 Å². The summed E-state index contributed by atoms with van der Waals surface area (Å²) >= 11 is 7.30. The number of hydrogen-bond acceptors (Lipinski definition) is 5. The summed E-state index contributed by atoms with van der Waals surface area (Å²) in [5, 5.41) is 12.2. The molecule has 0 aliphatic heterocycles. The predicted molar refractivity (Wildman–Crippen MR) is 105 cm³/mol. The number of pyridine rings is 1. The zero-order chi connectivity index (χ0) is 20.7. The number of alkyl halides is 3. The van der Waals surface area contributed by atoms with Crippen LogP contribution in [0.2, 0.25) is 5.15 Å². The maximum atomic E-state index is 12.6. The van der Waals surface area contributed by atoms with Crippen molar-refractivity contribution in [1.29, 1.82) is 5.41 Å². The van der Waals surface area contributed by atoms with Gasteiger partial charge in [0.2, 0.25) is 0 Å². The van der Waals surface area contributed by atoms with Gasteiger partial charge in [0.25, 0.3) is 5.91 Å². The molecular weight excluding hydrogens is 415 g/mol. The van der Waals surface area contributed by atoms with Gasteiger partial charge >= 0.3 is 6.18 Å². The maximum Gasteiger partial charge on any atom is 0.389 e. The number of amides is 1. The van der Waals surface area contributed by atoms with Gasteiger partial charge in [-0.25, -0.2) is 4.68 Å². The summed E-state index contributed by atoms with van der Waals surface area (Å²) in [4.78, 5) is 17.9. The number of rotatable bonds is 9. The second-order valence-electron chi connectivity index (χ2n) is 5.76. The van der Waals surface area contributed by atoms with Gasteiger partial charge in [-0.15, -0.1) is 0 Å². The van der Waals surface area contributed by atoms with Crippen molar-refractivity contribution in [2.24, 2.45) is 0 Å². The number of aromatic nitrogens is 3. The largest absolute Gasteiger partial charge is 0.389 e. The van der Waals surface area contributed by atoms with E-state index in [1.54, 1.807) is 37.6 Å². The molecule has 28 heavy (non-hydrogen) atoms. The van der Waals surface area contributed by atoms with Gasteiger partial charge in [-0.3, -0.25) is 15.2 Å². The fourth-order valence-corrected chi connectivity index (χ4v) is 3.40. The Balaban J connectivity index is 1.99.